The summed E-state index contributed by atoms with van der Waals surface area (Å²) in [5.41, 5.74) is 4.15. The smallest absolute Gasteiger partial charge is 0.407 e. The first-order chi connectivity index (χ1) is 31.2. The molecule has 1 aliphatic carbocycles. The summed E-state index contributed by atoms with van der Waals surface area (Å²) in [5.74, 6) is -0.512. The fourth-order valence-electron chi connectivity index (χ4n) is 8.86. The summed E-state index contributed by atoms with van der Waals surface area (Å²) in [7, 11) is 0. The topological polar surface area (TPSA) is 73.9 Å². The SMILES string of the molecule is CCCCCCCC/C=C\CCCCCCCCC(CCCCCCC/C=C\CCCCCCCC)OC(=O)[C@H](COC(C)(C)C)NC(=O)OCC1c2ccccc2-c2ccccc21. The normalized spacial score (nSPS) is 13.6. The lowest BCUT2D eigenvalue weighted by atomic mass is 9.98. The summed E-state index contributed by atoms with van der Waals surface area (Å²) in [6, 6.07) is 15.6. The fourth-order valence-corrected chi connectivity index (χ4v) is 8.86. The van der Waals surface area contributed by atoms with Crippen molar-refractivity contribution in [3.63, 3.8) is 0 Å². The minimum absolute atomic E-state index is 0.0148. The Hall–Kier alpha value is -3.38. The van der Waals surface area contributed by atoms with Gasteiger partial charge in [0.1, 0.15) is 12.7 Å². The van der Waals surface area contributed by atoms with Gasteiger partial charge in [0.15, 0.2) is 6.04 Å². The van der Waals surface area contributed by atoms with Crippen molar-refractivity contribution in [1.29, 1.82) is 0 Å². The van der Waals surface area contributed by atoms with Crippen molar-refractivity contribution in [2.45, 2.75) is 244 Å². The van der Waals surface area contributed by atoms with Crippen LogP contribution in [-0.4, -0.2) is 43.0 Å². The summed E-state index contributed by atoms with van der Waals surface area (Å²) in [5, 5.41) is 2.84. The van der Waals surface area contributed by atoms with Gasteiger partial charge in [0.25, 0.3) is 0 Å². The van der Waals surface area contributed by atoms with Crippen molar-refractivity contribution in [1.82, 2.24) is 5.32 Å². The fraction of sp³-hybridized carbons (Fsp3) is 0.690. The van der Waals surface area contributed by atoms with Crippen LogP contribution in [-0.2, 0) is 19.0 Å². The summed E-state index contributed by atoms with van der Waals surface area (Å²) in [4.78, 5) is 27.4. The van der Waals surface area contributed by atoms with Crippen LogP contribution in [0.5, 0.6) is 0 Å². The Morgan fingerprint density at radius 3 is 1.38 bits per heavy atom. The molecule has 0 fully saturated rings. The van der Waals surface area contributed by atoms with Crippen molar-refractivity contribution in [3.8, 4) is 11.1 Å². The molecule has 2 atom stereocenters. The maximum atomic E-state index is 13.9. The van der Waals surface area contributed by atoms with Gasteiger partial charge in [-0.2, -0.15) is 0 Å². The van der Waals surface area contributed by atoms with Crippen molar-refractivity contribution in [3.05, 3.63) is 84.0 Å². The first-order valence-corrected chi connectivity index (χ1v) is 26.5. The van der Waals surface area contributed by atoms with Crippen molar-refractivity contribution in [2.75, 3.05) is 13.2 Å². The van der Waals surface area contributed by atoms with E-state index in [2.05, 4.69) is 67.7 Å². The lowest BCUT2D eigenvalue weighted by Crippen LogP contribution is -2.47. The molecule has 2 aromatic rings. The van der Waals surface area contributed by atoms with Crippen LogP contribution in [0.4, 0.5) is 4.79 Å². The third-order valence-corrected chi connectivity index (χ3v) is 12.7. The molecule has 1 unspecified atom stereocenters. The predicted octanol–water partition coefficient (Wildman–Crippen LogP) is 17.1. The number of esters is 1. The molecule has 0 saturated heterocycles. The Balaban J connectivity index is 1.46. The zero-order chi connectivity index (χ0) is 45.9. The standard InChI is InChI=1S/C58H93NO5/c1-6-8-10-12-14-16-18-20-22-24-26-28-30-32-34-36-42-49(41-35-33-31-29-27-25-23-21-19-17-15-13-11-9-7-2)64-56(60)55(48-63-58(3,4)5)59-57(61)62-47-54-52-45-39-37-43-50(52)51-44-38-40-46-53(51)54/h20-23,37-40,43-46,49,54-55H,6-19,24-36,41-42,47-48H2,1-5H3,(H,59,61)/b22-20-,23-21-/t49?,55-/m0/s1. The Labute approximate surface area is 392 Å². The van der Waals surface area contributed by atoms with Crippen LogP contribution in [0.3, 0.4) is 0 Å². The summed E-state index contributed by atoms with van der Waals surface area (Å²) >= 11 is 0. The molecule has 0 aromatic heterocycles. The molecular formula is C58H93NO5. The Kier molecular flexibility index (Phi) is 30.0. The highest BCUT2D eigenvalue weighted by atomic mass is 16.6. The summed E-state index contributed by atoms with van der Waals surface area (Å²) < 4.78 is 18.2. The Morgan fingerprint density at radius 1 is 0.562 bits per heavy atom. The molecule has 0 saturated carbocycles. The van der Waals surface area contributed by atoms with E-state index in [1.807, 2.05) is 45.0 Å². The molecule has 64 heavy (non-hydrogen) atoms. The quantitative estimate of drug-likeness (QED) is 0.0413. The molecule has 0 bridgehead atoms. The van der Waals surface area contributed by atoms with Crippen molar-refractivity contribution >= 4 is 12.1 Å². The molecule has 6 nitrogen and oxygen atoms in total. The average Bonchev–Trinajstić information content (AvgIpc) is 3.61. The zero-order valence-corrected chi connectivity index (χ0v) is 41.6. The second-order valence-corrected chi connectivity index (χ2v) is 19.6. The van der Waals surface area contributed by atoms with Gasteiger partial charge in [0, 0.05) is 5.92 Å². The van der Waals surface area contributed by atoms with E-state index < -0.39 is 23.7 Å². The number of alkyl carbamates (subject to hydrolysis) is 1. The van der Waals surface area contributed by atoms with Crippen LogP contribution in [0.1, 0.15) is 238 Å². The van der Waals surface area contributed by atoms with Gasteiger partial charge < -0.3 is 19.5 Å². The maximum absolute atomic E-state index is 13.9. The first-order valence-electron chi connectivity index (χ1n) is 26.5. The monoisotopic (exact) mass is 884 g/mol. The second-order valence-electron chi connectivity index (χ2n) is 19.6. The number of hydrogen-bond donors (Lipinski definition) is 1. The highest BCUT2D eigenvalue weighted by Gasteiger charge is 2.31. The molecule has 1 N–H and O–H groups in total. The van der Waals surface area contributed by atoms with Crippen LogP contribution in [0.15, 0.2) is 72.8 Å². The van der Waals surface area contributed by atoms with Crippen molar-refractivity contribution < 1.29 is 23.8 Å². The van der Waals surface area contributed by atoms with Gasteiger partial charge in [-0.25, -0.2) is 9.59 Å². The first kappa shape index (κ1) is 55.0. The number of hydrogen-bond acceptors (Lipinski definition) is 5. The molecule has 6 heteroatoms. The zero-order valence-electron chi connectivity index (χ0n) is 41.6. The minimum Gasteiger partial charge on any atom is -0.461 e. The Bertz CT molecular complexity index is 1510. The lowest BCUT2D eigenvalue weighted by Gasteiger charge is -2.26. The number of carbonyl (C=O) groups is 2. The molecule has 2 aromatic carbocycles. The van der Waals surface area contributed by atoms with E-state index in [4.69, 9.17) is 14.2 Å². The van der Waals surface area contributed by atoms with Crippen LogP contribution in [0, 0.1) is 0 Å². The molecule has 0 radical (unpaired) electrons. The van der Waals surface area contributed by atoms with Gasteiger partial charge in [-0.05, 0) is 120 Å². The number of unbranched alkanes of at least 4 members (excludes halogenated alkanes) is 23. The van der Waals surface area contributed by atoms with Gasteiger partial charge >= 0.3 is 12.1 Å². The van der Waals surface area contributed by atoms with E-state index in [-0.39, 0.29) is 25.2 Å². The van der Waals surface area contributed by atoms with Gasteiger partial charge in [-0.1, -0.05) is 196 Å². The number of allylic oxidation sites excluding steroid dienone is 4. The van der Waals surface area contributed by atoms with Gasteiger partial charge in [-0.15, -0.1) is 0 Å². The van der Waals surface area contributed by atoms with E-state index >= 15 is 0 Å². The van der Waals surface area contributed by atoms with E-state index in [0.29, 0.717) is 0 Å². The Morgan fingerprint density at radius 2 is 0.953 bits per heavy atom. The third kappa shape index (κ3) is 24.8. The molecule has 0 heterocycles. The van der Waals surface area contributed by atoms with Crippen LogP contribution in [0.2, 0.25) is 0 Å². The number of benzene rings is 2. The van der Waals surface area contributed by atoms with E-state index in [1.54, 1.807) is 0 Å². The number of nitrogens with one attached hydrogen (secondary N) is 1. The van der Waals surface area contributed by atoms with Gasteiger partial charge in [0.05, 0.1) is 12.2 Å². The molecule has 360 valence electrons. The molecule has 1 amide bonds. The summed E-state index contributed by atoms with van der Waals surface area (Å²) in [6.07, 6.45) is 44.5. The third-order valence-electron chi connectivity index (χ3n) is 12.7. The molecule has 0 aliphatic heterocycles. The predicted molar refractivity (Wildman–Crippen MR) is 271 cm³/mol. The van der Waals surface area contributed by atoms with E-state index in [0.717, 1.165) is 49.7 Å². The summed E-state index contributed by atoms with van der Waals surface area (Å²) in [6.45, 7) is 10.6. The lowest BCUT2D eigenvalue weighted by molar-refractivity contribution is -0.155. The maximum Gasteiger partial charge on any atom is 0.407 e. The molecule has 1 aliphatic rings. The van der Waals surface area contributed by atoms with Crippen LogP contribution < -0.4 is 5.32 Å². The number of rotatable bonds is 38. The van der Waals surface area contributed by atoms with E-state index in [9.17, 15) is 9.59 Å². The van der Waals surface area contributed by atoms with Crippen LogP contribution >= 0.6 is 0 Å². The van der Waals surface area contributed by atoms with Crippen LogP contribution in [0.25, 0.3) is 11.1 Å². The van der Waals surface area contributed by atoms with Gasteiger partial charge in [-0.3, -0.25) is 0 Å². The number of amides is 1. The van der Waals surface area contributed by atoms with Gasteiger partial charge in [0.2, 0.25) is 0 Å². The highest BCUT2D eigenvalue weighted by Crippen LogP contribution is 2.44. The minimum atomic E-state index is -0.966. The molecule has 0 spiro atoms. The number of fused-ring (bicyclic) bond motifs is 3. The van der Waals surface area contributed by atoms with Crippen molar-refractivity contribution in [2.24, 2.45) is 0 Å². The highest BCUT2D eigenvalue weighted by molar-refractivity contribution is 5.82. The average molecular weight is 884 g/mol. The second kappa shape index (κ2) is 34.9. The molecular weight excluding hydrogens is 791 g/mol. The largest absolute Gasteiger partial charge is 0.461 e. The van der Waals surface area contributed by atoms with E-state index in [1.165, 1.54) is 159 Å². The molecule has 3 rings (SSSR count). The number of ether oxygens (including phenoxy) is 3. The number of carbonyl (C=O) groups excluding carboxylic acids is 2.